The van der Waals surface area contributed by atoms with Crippen LogP contribution in [0.15, 0.2) is 41.8 Å². The lowest BCUT2D eigenvalue weighted by Gasteiger charge is -2.37. The van der Waals surface area contributed by atoms with Gasteiger partial charge in [0, 0.05) is 37.7 Å². The maximum Gasteiger partial charge on any atom is 0.263 e. The van der Waals surface area contributed by atoms with Gasteiger partial charge in [0.25, 0.3) is 5.91 Å². The highest BCUT2D eigenvalue weighted by atomic mass is 32.1. The molecule has 1 aromatic carbocycles. The molecular formula is C27H34N2O3S. The molecule has 0 bridgehead atoms. The van der Waals surface area contributed by atoms with Crippen LogP contribution in [-0.2, 0) is 11.2 Å². The zero-order valence-corrected chi connectivity index (χ0v) is 20.5. The molecule has 0 aliphatic carbocycles. The minimum atomic E-state index is -0.136. The number of ketones is 1. The van der Waals surface area contributed by atoms with E-state index in [0.29, 0.717) is 44.9 Å². The third-order valence-electron chi connectivity index (χ3n) is 6.85. The van der Waals surface area contributed by atoms with Gasteiger partial charge >= 0.3 is 0 Å². The molecule has 2 amide bonds. The predicted molar refractivity (Wildman–Crippen MR) is 132 cm³/mol. The molecular weight excluding hydrogens is 432 g/mol. The summed E-state index contributed by atoms with van der Waals surface area (Å²) >= 11 is 1.45. The van der Waals surface area contributed by atoms with Crippen molar-refractivity contribution in [3.05, 3.63) is 57.8 Å². The summed E-state index contributed by atoms with van der Waals surface area (Å²) in [6.45, 7) is 6.84. The van der Waals surface area contributed by atoms with Crippen LogP contribution in [0.5, 0.6) is 0 Å². The number of likely N-dealkylation sites (tertiary alicyclic amines) is 2. The average molecular weight is 467 g/mol. The maximum absolute atomic E-state index is 13.2. The third-order valence-corrected chi connectivity index (χ3v) is 7.71. The largest absolute Gasteiger partial charge is 0.342 e. The van der Waals surface area contributed by atoms with Crippen molar-refractivity contribution >= 4 is 28.9 Å². The molecule has 2 aliphatic heterocycles. The van der Waals surface area contributed by atoms with E-state index in [1.54, 1.807) is 0 Å². The molecule has 4 rings (SSSR count). The molecule has 2 aliphatic rings. The van der Waals surface area contributed by atoms with E-state index >= 15 is 0 Å². The lowest BCUT2D eigenvalue weighted by Crippen LogP contribution is -2.49. The average Bonchev–Trinajstić information content (AvgIpc) is 3.38. The first-order valence-corrected chi connectivity index (χ1v) is 13.0. The second-order valence-electron chi connectivity index (χ2n) is 9.83. The highest BCUT2D eigenvalue weighted by molar-refractivity contribution is 7.12. The fraction of sp³-hybridized carbons (Fsp3) is 0.519. The molecule has 1 aromatic heterocycles. The zero-order chi connectivity index (χ0) is 23.4. The number of benzene rings is 1. The highest BCUT2D eigenvalue weighted by Crippen LogP contribution is 2.27. The molecule has 3 heterocycles. The van der Waals surface area contributed by atoms with E-state index in [2.05, 4.69) is 26.0 Å². The van der Waals surface area contributed by atoms with Gasteiger partial charge in [0.2, 0.25) is 5.91 Å². The van der Waals surface area contributed by atoms with Crippen LogP contribution in [0.25, 0.3) is 0 Å². The van der Waals surface area contributed by atoms with E-state index in [1.165, 1.54) is 16.9 Å². The number of piperidine rings is 2. The summed E-state index contributed by atoms with van der Waals surface area (Å²) in [6, 6.07) is 11.8. The second kappa shape index (κ2) is 10.6. The summed E-state index contributed by atoms with van der Waals surface area (Å²) in [6.07, 6.45) is 4.13. The summed E-state index contributed by atoms with van der Waals surface area (Å²) in [5.41, 5.74) is 2.04. The van der Waals surface area contributed by atoms with E-state index in [9.17, 15) is 14.4 Å². The molecule has 2 aromatic rings. The number of hydrogen-bond acceptors (Lipinski definition) is 4. The SMILES string of the molecule is CC(C)Cc1ccc(C(=O)C2CCN(C(=O)C3CCCN(C(=O)c4cccs4)C3)CC2)cc1. The highest BCUT2D eigenvalue weighted by Gasteiger charge is 2.34. The van der Waals surface area contributed by atoms with Gasteiger partial charge in [-0.05, 0) is 55.0 Å². The number of hydrogen-bond donors (Lipinski definition) is 0. The molecule has 176 valence electrons. The molecule has 2 saturated heterocycles. The molecule has 0 spiro atoms. The van der Waals surface area contributed by atoms with Crippen LogP contribution >= 0.6 is 11.3 Å². The zero-order valence-electron chi connectivity index (χ0n) is 19.7. The number of amides is 2. The lowest BCUT2D eigenvalue weighted by atomic mass is 9.87. The van der Waals surface area contributed by atoms with Crippen LogP contribution in [-0.4, -0.2) is 53.6 Å². The Bertz CT molecular complexity index is 960. The minimum Gasteiger partial charge on any atom is -0.342 e. The van der Waals surface area contributed by atoms with Crippen molar-refractivity contribution in [2.75, 3.05) is 26.2 Å². The van der Waals surface area contributed by atoms with Crippen molar-refractivity contribution in [1.29, 1.82) is 0 Å². The van der Waals surface area contributed by atoms with Crippen molar-refractivity contribution in [1.82, 2.24) is 9.80 Å². The Balaban J connectivity index is 1.29. The van der Waals surface area contributed by atoms with E-state index in [-0.39, 0.29) is 29.4 Å². The van der Waals surface area contributed by atoms with Crippen LogP contribution in [0.1, 0.15) is 65.1 Å². The van der Waals surface area contributed by atoms with Gasteiger partial charge in [-0.2, -0.15) is 0 Å². The van der Waals surface area contributed by atoms with E-state index in [0.717, 1.165) is 29.7 Å². The van der Waals surface area contributed by atoms with Crippen molar-refractivity contribution < 1.29 is 14.4 Å². The van der Waals surface area contributed by atoms with E-state index in [1.807, 2.05) is 39.4 Å². The summed E-state index contributed by atoms with van der Waals surface area (Å²) < 4.78 is 0. The first-order valence-electron chi connectivity index (χ1n) is 12.2. The molecule has 0 N–H and O–H groups in total. The summed E-state index contributed by atoms with van der Waals surface area (Å²) in [4.78, 5) is 43.4. The molecule has 6 heteroatoms. The van der Waals surface area contributed by atoms with Crippen LogP contribution in [0, 0.1) is 17.8 Å². The van der Waals surface area contributed by atoms with Crippen molar-refractivity contribution in [3.8, 4) is 0 Å². The monoisotopic (exact) mass is 466 g/mol. The topological polar surface area (TPSA) is 57.7 Å². The third kappa shape index (κ3) is 5.72. The summed E-state index contributed by atoms with van der Waals surface area (Å²) in [5, 5.41) is 1.91. The number of carbonyl (C=O) groups is 3. The second-order valence-corrected chi connectivity index (χ2v) is 10.8. The predicted octanol–water partition coefficient (Wildman–Crippen LogP) is 4.92. The Hall–Kier alpha value is -2.47. The molecule has 2 fully saturated rings. The Kier molecular flexibility index (Phi) is 7.63. The molecule has 33 heavy (non-hydrogen) atoms. The number of thiophene rings is 1. The molecule has 1 atom stereocenters. The fourth-order valence-electron chi connectivity index (χ4n) is 5.05. The number of nitrogens with zero attached hydrogens (tertiary/aromatic N) is 2. The minimum absolute atomic E-state index is 0.0201. The molecule has 0 saturated carbocycles. The van der Waals surface area contributed by atoms with Gasteiger partial charge in [-0.3, -0.25) is 14.4 Å². The quantitative estimate of drug-likeness (QED) is 0.568. The Labute approximate surface area is 200 Å². The van der Waals surface area contributed by atoms with Gasteiger partial charge in [0.05, 0.1) is 10.8 Å². The van der Waals surface area contributed by atoms with E-state index < -0.39 is 0 Å². The first kappa shape index (κ1) is 23.7. The van der Waals surface area contributed by atoms with E-state index in [4.69, 9.17) is 0 Å². The van der Waals surface area contributed by atoms with Crippen LogP contribution in [0.3, 0.4) is 0 Å². The van der Waals surface area contributed by atoms with Gasteiger partial charge < -0.3 is 9.80 Å². The van der Waals surface area contributed by atoms with Crippen molar-refractivity contribution in [3.63, 3.8) is 0 Å². The van der Waals surface area contributed by atoms with Gasteiger partial charge in [0.1, 0.15) is 0 Å². The molecule has 0 radical (unpaired) electrons. The van der Waals surface area contributed by atoms with Gasteiger partial charge in [0.15, 0.2) is 5.78 Å². The smallest absolute Gasteiger partial charge is 0.263 e. The standard InChI is InChI=1S/C27H34N2O3S/c1-19(2)17-20-7-9-21(10-8-20)25(30)22-11-14-28(15-12-22)26(31)23-5-3-13-29(18-23)27(32)24-6-4-16-33-24/h4,6-10,16,19,22-23H,3,5,11-15,17-18H2,1-2H3. The molecule has 1 unspecified atom stereocenters. The van der Waals surface area contributed by atoms with Crippen LogP contribution in [0.4, 0.5) is 0 Å². The van der Waals surface area contributed by atoms with Gasteiger partial charge in [-0.25, -0.2) is 0 Å². The maximum atomic E-state index is 13.2. The molecule has 5 nitrogen and oxygen atoms in total. The first-order chi connectivity index (χ1) is 15.9. The fourth-order valence-corrected chi connectivity index (χ4v) is 5.74. The summed E-state index contributed by atoms with van der Waals surface area (Å²) in [7, 11) is 0. The van der Waals surface area contributed by atoms with Crippen molar-refractivity contribution in [2.45, 2.75) is 46.0 Å². The Morgan fingerprint density at radius 2 is 1.67 bits per heavy atom. The normalized spacial score (nSPS) is 19.7. The van der Waals surface area contributed by atoms with Gasteiger partial charge in [-0.1, -0.05) is 44.2 Å². The Morgan fingerprint density at radius 3 is 2.30 bits per heavy atom. The Morgan fingerprint density at radius 1 is 0.939 bits per heavy atom. The number of rotatable bonds is 6. The van der Waals surface area contributed by atoms with Crippen molar-refractivity contribution in [2.24, 2.45) is 17.8 Å². The van der Waals surface area contributed by atoms with Crippen LogP contribution < -0.4 is 0 Å². The summed E-state index contributed by atoms with van der Waals surface area (Å²) in [5.74, 6) is 0.813. The van der Waals surface area contributed by atoms with Gasteiger partial charge in [-0.15, -0.1) is 11.3 Å². The number of Topliss-reactive ketones (excluding diaryl/α,β-unsaturated/α-hetero) is 1. The lowest BCUT2D eigenvalue weighted by molar-refractivity contribution is -0.138. The number of carbonyl (C=O) groups excluding carboxylic acids is 3. The van der Waals surface area contributed by atoms with Crippen LogP contribution in [0.2, 0.25) is 0 Å².